The first-order valence-corrected chi connectivity index (χ1v) is 6.43. The first-order chi connectivity index (χ1) is 9.81. The number of anilines is 1. The Bertz CT molecular complexity index is 673. The summed E-state index contributed by atoms with van der Waals surface area (Å²) in [5, 5.41) is 3.26. The highest BCUT2D eigenvalue weighted by Gasteiger charge is 2.01. The molecule has 0 aliphatic heterocycles. The number of aromatic amines is 1. The third-order valence-electron chi connectivity index (χ3n) is 2.92. The van der Waals surface area contributed by atoms with E-state index in [2.05, 4.69) is 25.3 Å². The van der Waals surface area contributed by atoms with Gasteiger partial charge in [0.25, 0.3) is 0 Å². The molecular weight excluding hydrogens is 250 g/mol. The van der Waals surface area contributed by atoms with Gasteiger partial charge in [-0.05, 0) is 6.92 Å². The minimum atomic E-state index is 0.675. The van der Waals surface area contributed by atoms with Crippen molar-refractivity contribution in [2.24, 2.45) is 0 Å². The number of benzene rings is 1. The lowest BCUT2D eigenvalue weighted by Gasteiger charge is -2.05. The van der Waals surface area contributed by atoms with Crippen LogP contribution >= 0.6 is 0 Å². The maximum atomic E-state index is 4.37. The van der Waals surface area contributed by atoms with E-state index < -0.39 is 0 Å². The van der Waals surface area contributed by atoms with Crippen molar-refractivity contribution in [3.63, 3.8) is 0 Å². The summed E-state index contributed by atoms with van der Waals surface area (Å²) in [5.74, 6) is 1.64. The first-order valence-electron chi connectivity index (χ1n) is 6.43. The third-order valence-corrected chi connectivity index (χ3v) is 2.92. The van der Waals surface area contributed by atoms with Crippen LogP contribution in [-0.4, -0.2) is 19.9 Å². The number of imidazole rings is 1. The van der Waals surface area contributed by atoms with E-state index in [1.165, 1.54) is 0 Å². The molecule has 0 radical (unpaired) electrons. The van der Waals surface area contributed by atoms with E-state index in [1.54, 1.807) is 12.4 Å². The van der Waals surface area contributed by atoms with Gasteiger partial charge in [0.1, 0.15) is 5.82 Å². The molecule has 20 heavy (non-hydrogen) atoms. The maximum absolute atomic E-state index is 4.37. The van der Waals surface area contributed by atoms with Crippen LogP contribution in [0.15, 0.2) is 48.9 Å². The molecule has 2 aromatic heterocycles. The lowest BCUT2D eigenvalue weighted by atomic mass is 10.2. The molecule has 0 aliphatic carbocycles. The molecule has 0 unspecified atom stereocenters. The molecule has 0 saturated carbocycles. The Morgan fingerprint density at radius 2 is 1.75 bits per heavy atom. The molecular formula is C15H15N5. The molecule has 5 heteroatoms. The summed E-state index contributed by atoms with van der Waals surface area (Å²) in [4.78, 5) is 16.1. The second kappa shape index (κ2) is 5.52. The molecule has 0 aliphatic rings. The summed E-state index contributed by atoms with van der Waals surface area (Å²) >= 11 is 0. The van der Waals surface area contributed by atoms with Gasteiger partial charge in [0.2, 0.25) is 0 Å². The van der Waals surface area contributed by atoms with Crippen molar-refractivity contribution in [2.75, 3.05) is 5.32 Å². The normalized spacial score (nSPS) is 10.4. The van der Waals surface area contributed by atoms with Crippen LogP contribution in [0.4, 0.5) is 5.69 Å². The van der Waals surface area contributed by atoms with Crippen molar-refractivity contribution in [2.45, 2.75) is 13.5 Å². The highest BCUT2D eigenvalue weighted by Crippen LogP contribution is 2.15. The van der Waals surface area contributed by atoms with Crippen LogP contribution in [0, 0.1) is 6.92 Å². The van der Waals surface area contributed by atoms with Gasteiger partial charge in [0.05, 0.1) is 36.5 Å². The largest absolute Gasteiger partial charge is 0.377 e. The number of aromatic nitrogens is 4. The van der Waals surface area contributed by atoms with Crippen LogP contribution in [0.25, 0.3) is 11.4 Å². The predicted molar refractivity (Wildman–Crippen MR) is 78.1 cm³/mol. The van der Waals surface area contributed by atoms with Crippen LogP contribution in [0.5, 0.6) is 0 Å². The van der Waals surface area contributed by atoms with E-state index in [-0.39, 0.29) is 0 Å². The number of nitrogens with zero attached hydrogens (tertiary/aromatic N) is 3. The Morgan fingerprint density at radius 1 is 1.00 bits per heavy atom. The van der Waals surface area contributed by atoms with Gasteiger partial charge in [0.15, 0.2) is 5.82 Å². The second-order valence-corrected chi connectivity index (χ2v) is 4.51. The van der Waals surface area contributed by atoms with E-state index in [9.17, 15) is 0 Å². The highest BCUT2D eigenvalue weighted by atomic mass is 15.0. The van der Waals surface area contributed by atoms with E-state index in [0.29, 0.717) is 6.54 Å². The molecule has 0 amide bonds. The van der Waals surface area contributed by atoms with Crippen LogP contribution in [0.3, 0.4) is 0 Å². The van der Waals surface area contributed by atoms with E-state index in [1.807, 2.05) is 43.5 Å². The van der Waals surface area contributed by atoms with Gasteiger partial charge < -0.3 is 10.3 Å². The van der Waals surface area contributed by atoms with Crippen molar-refractivity contribution < 1.29 is 0 Å². The molecule has 0 fully saturated rings. The number of rotatable bonds is 4. The summed E-state index contributed by atoms with van der Waals surface area (Å²) < 4.78 is 0. The fourth-order valence-corrected chi connectivity index (χ4v) is 1.91. The minimum absolute atomic E-state index is 0.675. The lowest BCUT2D eigenvalue weighted by molar-refractivity contribution is 1.04. The van der Waals surface area contributed by atoms with Gasteiger partial charge in [-0.15, -0.1) is 0 Å². The zero-order chi connectivity index (χ0) is 13.8. The molecule has 100 valence electrons. The molecule has 0 atom stereocenters. The summed E-state index contributed by atoms with van der Waals surface area (Å²) in [6.45, 7) is 2.61. The Morgan fingerprint density at radius 3 is 2.40 bits per heavy atom. The molecule has 2 N–H and O–H groups in total. The molecule has 2 heterocycles. The Labute approximate surface area is 117 Å². The lowest BCUT2D eigenvalue weighted by Crippen LogP contribution is -2.01. The van der Waals surface area contributed by atoms with E-state index >= 15 is 0 Å². The van der Waals surface area contributed by atoms with Crippen molar-refractivity contribution in [3.05, 3.63) is 60.4 Å². The molecule has 0 saturated heterocycles. The van der Waals surface area contributed by atoms with Crippen molar-refractivity contribution >= 4 is 5.69 Å². The minimum Gasteiger partial charge on any atom is -0.377 e. The third kappa shape index (κ3) is 2.83. The van der Waals surface area contributed by atoms with E-state index in [0.717, 1.165) is 28.6 Å². The molecule has 5 nitrogen and oxygen atoms in total. The molecule has 0 bridgehead atoms. The Balaban J connectivity index is 1.67. The summed E-state index contributed by atoms with van der Waals surface area (Å²) in [5.41, 5.74) is 2.94. The second-order valence-electron chi connectivity index (χ2n) is 4.51. The van der Waals surface area contributed by atoms with E-state index in [4.69, 9.17) is 0 Å². The smallest absolute Gasteiger partial charge is 0.159 e. The number of aryl methyl sites for hydroxylation is 1. The van der Waals surface area contributed by atoms with Crippen LogP contribution in [-0.2, 0) is 6.54 Å². The van der Waals surface area contributed by atoms with Gasteiger partial charge in [-0.3, -0.25) is 0 Å². The highest BCUT2D eigenvalue weighted by molar-refractivity contribution is 5.55. The van der Waals surface area contributed by atoms with Gasteiger partial charge in [-0.1, -0.05) is 30.3 Å². The maximum Gasteiger partial charge on any atom is 0.159 e. The first kappa shape index (κ1) is 12.3. The fourth-order valence-electron chi connectivity index (χ4n) is 1.91. The number of nitrogens with one attached hydrogen (secondary N) is 2. The zero-order valence-electron chi connectivity index (χ0n) is 11.2. The van der Waals surface area contributed by atoms with Crippen LogP contribution < -0.4 is 5.32 Å². The summed E-state index contributed by atoms with van der Waals surface area (Å²) in [6.07, 6.45) is 5.40. The number of H-pyrrole nitrogens is 1. The average molecular weight is 265 g/mol. The number of hydrogen-bond donors (Lipinski definition) is 2. The van der Waals surface area contributed by atoms with Gasteiger partial charge in [0, 0.05) is 5.56 Å². The van der Waals surface area contributed by atoms with Crippen LogP contribution in [0.2, 0.25) is 0 Å². The molecule has 3 aromatic rings. The Kier molecular flexibility index (Phi) is 3.41. The monoisotopic (exact) mass is 265 g/mol. The summed E-state index contributed by atoms with van der Waals surface area (Å²) in [6, 6.07) is 9.92. The van der Waals surface area contributed by atoms with Crippen molar-refractivity contribution in [1.29, 1.82) is 0 Å². The average Bonchev–Trinajstić information content (AvgIpc) is 2.92. The molecule has 0 spiro atoms. The molecule has 3 rings (SSSR count). The van der Waals surface area contributed by atoms with Gasteiger partial charge in [-0.2, -0.15) is 0 Å². The topological polar surface area (TPSA) is 66.5 Å². The zero-order valence-corrected chi connectivity index (χ0v) is 11.2. The summed E-state index contributed by atoms with van der Waals surface area (Å²) in [7, 11) is 0. The quantitative estimate of drug-likeness (QED) is 0.761. The SMILES string of the molecule is Cc1ncc(CNc2cnc(-c3ccccc3)nc2)[nH]1. The van der Waals surface area contributed by atoms with Crippen LogP contribution in [0.1, 0.15) is 11.5 Å². The van der Waals surface area contributed by atoms with Crippen molar-refractivity contribution in [1.82, 2.24) is 19.9 Å². The number of hydrogen-bond acceptors (Lipinski definition) is 4. The van der Waals surface area contributed by atoms with Gasteiger partial charge in [-0.25, -0.2) is 15.0 Å². The fraction of sp³-hybridized carbons (Fsp3) is 0.133. The van der Waals surface area contributed by atoms with Gasteiger partial charge >= 0.3 is 0 Å². The standard InChI is InChI=1S/C15H15N5/c1-11-16-9-14(20-11)10-17-13-7-18-15(19-8-13)12-5-3-2-4-6-12/h2-9,17H,10H2,1H3,(H,16,20). The predicted octanol–water partition coefficient (Wildman–Crippen LogP) is 2.79. The Hall–Kier alpha value is -2.69. The molecule has 1 aromatic carbocycles. The van der Waals surface area contributed by atoms with Crippen molar-refractivity contribution in [3.8, 4) is 11.4 Å².